The van der Waals surface area contributed by atoms with Crippen LogP contribution >= 0.6 is 34.2 Å². The quantitative estimate of drug-likeness (QED) is 0.386. The maximum absolute atomic E-state index is 13.3. The summed E-state index contributed by atoms with van der Waals surface area (Å²) >= 11 is 8.14. The minimum atomic E-state index is -0.0360. The van der Waals surface area contributed by atoms with E-state index in [1.54, 1.807) is 18.2 Å². The van der Waals surface area contributed by atoms with Crippen molar-refractivity contribution in [2.24, 2.45) is 0 Å². The monoisotopic (exact) mass is 464 g/mol. The van der Waals surface area contributed by atoms with Gasteiger partial charge in [-0.3, -0.25) is 9.89 Å². The first kappa shape index (κ1) is 16.6. The van der Waals surface area contributed by atoms with Gasteiger partial charge in [0.2, 0.25) is 5.43 Å². The SMILES string of the molecule is CC(C)c1oc2c(ccc3[nH]nc(I)c32)c(=O)c1-c1ccc(Cl)cc1. The molecule has 0 aliphatic rings. The summed E-state index contributed by atoms with van der Waals surface area (Å²) in [7, 11) is 0. The minimum absolute atomic E-state index is 0.0360. The fourth-order valence-electron chi connectivity index (χ4n) is 3.03. The third kappa shape index (κ3) is 2.66. The summed E-state index contributed by atoms with van der Waals surface area (Å²) in [5.74, 6) is 0.729. The molecule has 2 heterocycles. The Hall–Kier alpha value is -1.86. The minimum Gasteiger partial charge on any atom is -0.459 e. The molecule has 0 bridgehead atoms. The summed E-state index contributed by atoms with van der Waals surface area (Å²) in [4.78, 5) is 13.3. The number of hydrogen-bond acceptors (Lipinski definition) is 3. The molecule has 25 heavy (non-hydrogen) atoms. The Morgan fingerprint density at radius 2 is 1.88 bits per heavy atom. The first-order chi connectivity index (χ1) is 12.0. The third-order valence-corrected chi connectivity index (χ3v) is 5.26. The second kappa shape index (κ2) is 6.14. The number of nitrogens with one attached hydrogen (secondary N) is 1. The van der Waals surface area contributed by atoms with Crippen molar-refractivity contribution in [1.29, 1.82) is 0 Å². The summed E-state index contributed by atoms with van der Waals surface area (Å²) in [6.07, 6.45) is 0. The molecule has 2 aromatic heterocycles. The van der Waals surface area contributed by atoms with E-state index < -0.39 is 0 Å². The molecule has 6 heteroatoms. The van der Waals surface area contributed by atoms with Crippen LogP contribution in [0, 0.1) is 3.70 Å². The number of H-pyrrole nitrogens is 1. The summed E-state index contributed by atoms with van der Waals surface area (Å²) in [6, 6.07) is 10.9. The largest absolute Gasteiger partial charge is 0.459 e. The first-order valence-electron chi connectivity index (χ1n) is 7.86. The molecule has 0 saturated heterocycles. The van der Waals surface area contributed by atoms with Gasteiger partial charge in [0.05, 0.1) is 21.9 Å². The lowest BCUT2D eigenvalue weighted by Crippen LogP contribution is -2.10. The molecule has 4 aromatic rings. The number of aromatic nitrogens is 2. The standard InChI is InChI=1S/C19H14ClIN2O2/c1-9(2)17-14(10-3-5-11(20)6-4-10)16(24)12-7-8-13-15(18(12)25-17)19(21)23-22-13/h3-9H,1-2H3,(H,22,23). The Morgan fingerprint density at radius 1 is 1.16 bits per heavy atom. The first-order valence-corrected chi connectivity index (χ1v) is 9.32. The number of aromatic amines is 1. The average Bonchev–Trinajstić information content (AvgIpc) is 2.97. The summed E-state index contributed by atoms with van der Waals surface area (Å²) in [5.41, 5.74) is 2.81. The molecule has 0 aliphatic carbocycles. The van der Waals surface area contributed by atoms with Crippen molar-refractivity contribution in [2.45, 2.75) is 19.8 Å². The van der Waals surface area contributed by atoms with Gasteiger partial charge in [-0.05, 0) is 52.4 Å². The molecular weight excluding hydrogens is 451 g/mol. The zero-order chi connectivity index (χ0) is 17.7. The highest BCUT2D eigenvalue weighted by molar-refractivity contribution is 14.1. The van der Waals surface area contributed by atoms with Gasteiger partial charge in [-0.1, -0.05) is 37.6 Å². The molecule has 0 amide bonds. The van der Waals surface area contributed by atoms with E-state index in [1.807, 2.05) is 32.0 Å². The molecule has 4 rings (SSSR count). The normalized spacial score (nSPS) is 11.7. The van der Waals surface area contributed by atoms with Gasteiger partial charge in [0.1, 0.15) is 15.0 Å². The predicted octanol–water partition coefficient (Wildman–Crippen LogP) is 5.72. The molecule has 1 N–H and O–H groups in total. The zero-order valence-corrected chi connectivity index (χ0v) is 16.5. The van der Waals surface area contributed by atoms with Crippen LogP contribution in [-0.2, 0) is 0 Å². The molecule has 0 aliphatic heterocycles. The lowest BCUT2D eigenvalue weighted by Gasteiger charge is -2.13. The van der Waals surface area contributed by atoms with Crippen molar-refractivity contribution in [1.82, 2.24) is 10.2 Å². The maximum Gasteiger partial charge on any atom is 0.200 e. The van der Waals surface area contributed by atoms with Crippen molar-refractivity contribution in [3.63, 3.8) is 0 Å². The topological polar surface area (TPSA) is 58.9 Å². The average molecular weight is 465 g/mol. The molecule has 4 nitrogen and oxygen atoms in total. The predicted molar refractivity (Wildman–Crippen MR) is 109 cm³/mol. The van der Waals surface area contributed by atoms with Crippen molar-refractivity contribution in [3.8, 4) is 11.1 Å². The number of nitrogens with zero attached hydrogens (tertiary/aromatic N) is 1. The Labute approximate surface area is 162 Å². The van der Waals surface area contributed by atoms with Crippen LogP contribution in [0.4, 0.5) is 0 Å². The number of rotatable bonds is 2. The Kier molecular flexibility index (Phi) is 4.08. The third-order valence-electron chi connectivity index (χ3n) is 4.23. The van der Waals surface area contributed by atoms with Crippen LogP contribution in [0.25, 0.3) is 33.0 Å². The lowest BCUT2D eigenvalue weighted by molar-refractivity contribution is 0.514. The van der Waals surface area contributed by atoms with Crippen molar-refractivity contribution >= 4 is 56.1 Å². The summed E-state index contributed by atoms with van der Waals surface area (Å²) in [6.45, 7) is 4.04. The second-order valence-electron chi connectivity index (χ2n) is 6.21. The highest BCUT2D eigenvalue weighted by atomic mass is 127. The number of benzene rings is 2. The van der Waals surface area contributed by atoms with Crippen molar-refractivity contribution in [2.75, 3.05) is 0 Å². The van der Waals surface area contributed by atoms with Gasteiger partial charge in [-0.25, -0.2) is 0 Å². The van der Waals surface area contributed by atoms with Crippen LogP contribution in [0.2, 0.25) is 5.02 Å². The smallest absolute Gasteiger partial charge is 0.200 e. The molecule has 126 valence electrons. The van der Waals surface area contributed by atoms with Gasteiger partial charge in [0.15, 0.2) is 0 Å². The van der Waals surface area contributed by atoms with Crippen LogP contribution in [-0.4, -0.2) is 10.2 Å². The highest BCUT2D eigenvalue weighted by Crippen LogP contribution is 2.34. The number of hydrogen-bond donors (Lipinski definition) is 1. The van der Waals surface area contributed by atoms with Crippen LogP contribution < -0.4 is 5.43 Å². The van der Waals surface area contributed by atoms with Crippen LogP contribution in [0.1, 0.15) is 25.5 Å². The molecule has 0 radical (unpaired) electrons. The molecule has 0 atom stereocenters. The van der Waals surface area contributed by atoms with E-state index >= 15 is 0 Å². The molecule has 0 fully saturated rings. The molecule has 2 aromatic carbocycles. The number of fused-ring (bicyclic) bond motifs is 3. The van der Waals surface area contributed by atoms with E-state index in [-0.39, 0.29) is 11.3 Å². The Balaban J connectivity index is 2.16. The molecular formula is C19H14ClIN2O2. The molecule has 0 saturated carbocycles. The fourth-order valence-corrected chi connectivity index (χ4v) is 3.82. The summed E-state index contributed by atoms with van der Waals surface area (Å²) < 4.78 is 7.06. The van der Waals surface area contributed by atoms with Gasteiger partial charge in [0, 0.05) is 10.9 Å². The zero-order valence-electron chi connectivity index (χ0n) is 13.6. The molecule has 0 unspecified atom stereocenters. The van der Waals surface area contributed by atoms with Crippen LogP contribution in [0.3, 0.4) is 0 Å². The number of halogens is 2. The Morgan fingerprint density at radius 3 is 2.56 bits per heavy atom. The van der Waals surface area contributed by atoms with E-state index in [1.165, 1.54) is 0 Å². The van der Waals surface area contributed by atoms with Gasteiger partial charge < -0.3 is 4.42 Å². The van der Waals surface area contributed by atoms with E-state index in [0.29, 0.717) is 27.3 Å². The van der Waals surface area contributed by atoms with Crippen LogP contribution in [0.5, 0.6) is 0 Å². The summed E-state index contributed by atoms with van der Waals surface area (Å²) in [5, 5.41) is 9.23. The van der Waals surface area contributed by atoms with Gasteiger partial charge >= 0.3 is 0 Å². The second-order valence-corrected chi connectivity index (χ2v) is 7.67. The van der Waals surface area contributed by atoms with E-state index in [0.717, 1.165) is 20.2 Å². The van der Waals surface area contributed by atoms with Crippen molar-refractivity contribution in [3.05, 3.63) is 61.1 Å². The van der Waals surface area contributed by atoms with Gasteiger partial charge in [0.25, 0.3) is 0 Å². The maximum atomic E-state index is 13.3. The van der Waals surface area contributed by atoms with E-state index in [9.17, 15) is 4.79 Å². The van der Waals surface area contributed by atoms with Crippen molar-refractivity contribution < 1.29 is 4.42 Å². The fraction of sp³-hybridized carbons (Fsp3) is 0.158. The van der Waals surface area contributed by atoms with Gasteiger partial charge in [-0.15, -0.1) is 0 Å². The van der Waals surface area contributed by atoms with Gasteiger partial charge in [-0.2, -0.15) is 5.10 Å². The van der Waals surface area contributed by atoms with E-state index in [4.69, 9.17) is 16.0 Å². The lowest BCUT2D eigenvalue weighted by atomic mass is 9.96. The van der Waals surface area contributed by atoms with E-state index in [2.05, 4.69) is 32.8 Å². The van der Waals surface area contributed by atoms with Crippen LogP contribution in [0.15, 0.2) is 45.6 Å². The Bertz CT molecular complexity index is 1160. The molecule has 0 spiro atoms. The highest BCUT2D eigenvalue weighted by Gasteiger charge is 2.21.